The molecule has 1 amide bonds. The second-order valence-corrected chi connectivity index (χ2v) is 14.0. The number of aliphatic carboxylic acids is 1. The third-order valence-electron chi connectivity index (χ3n) is 8.54. The molecule has 1 aromatic heterocycles. The highest BCUT2D eigenvalue weighted by atomic mass is 31.2. The fraction of sp³-hybridized carbons (Fsp3) is 0.471. The van der Waals surface area contributed by atoms with Gasteiger partial charge in [-0.1, -0.05) is 6.07 Å². The van der Waals surface area contributed by atoms with Gasteiger partial charge in [0.25, 0.3) is 5.91 Å². The van der Waals surface area contributed by atoms with E-state index < -0.39 is 25.8 Å². The number of hydrogen-bond acceptors (Lipinski definition) is 11. The van der Waals surface area contributed by atoms with Crippen molar-refractivity contribution in [3.63, 3.8) is 0 Å². The summed E-state index contributed by atoms with van der Waals surface area (Å²) < 4.78 is 80.7. The fourth-order valence-electron chi connectivity index (χ4n) is 5.76. The van der Waals surface area contributed by atoms with Crippen LogP contribution in [0.25, 0.3) is 16.9 Å². The van der Waals surface area contributed by atoms with Crippen molar-refractivity contribution in [1.82, 2.24) is 14.7 Å². The SMILES string of the molecule is COP(=O)(OC)OCCCOC1CCN(c2ccc(-n3nc(C(=O)N4CCC[C@@H](N)C4)cc3-c3ccc(C#N)c(F)c3)cc2)CC1.O=C(O)C(F)(F)F. The Hall–Kier alpha value is -4.37. The number of benzene rings is 2. The Labute approximate surface area is 303 Å². The highest BCUT2D eigenvalue weighted by molar-refractivity contribution is 7.48. The van der Waals surface area contributed by atoms with Crippen LogP contribution in [-0.2, 0) is 27.7 Å². The summed E-state index contributed by atoms with van der Waals surface area (Å²) in [4.78, 5) is 26.3. The lowest BCUT2D eigenvalue weighted by atomic mass is 10.1. The molecular weight excluding hydrogens is 727 g/mol. The molecule has 2 fully saturated rings. The van der Waals surface area contributed by atoms with E-state index in [9.17, 15) is 32.2 Å². The van der Waals surface area contributed by atoms with Gasteiger partial charge in [0.2, 0.25) is 0 Å². The number of phosphoric acid groups is 1. The number of carboxylic acids is 1. The van der Waals surface area contributed by atoms with Crippen molar-refractivity contribution in [2.45, 2.75) is 50.4 Å². The van der Waals surface area contributed by atoms with Crippen LogP contribution in [0.2, 0.25) is 0 Å². The molecule has 0 spiro atoms. The van der Waals surface area contributed by atoms with Crippen molar-refractivity contribution >= 4 is 25.4 Å². The topological polar surface area (TPSA) is 182 Å². The number of hydrogen-bond donors (Lipinski definition) is 2. The lowest BCUT2D eigenvalue weighted by molar-refractivity contribution is -0.192. The first-order valence-electron chi connectivity index (χ1n) is 16.7. The van der Waals surface area contributed by atoms with E-state index in [2.05, 4.69) is 10.00 Å². The number of nitriles is 1. The number of carbonyl (C=O) groups excluding carboxylic acids is 1. The normalized spacial score (nSPS) is 16.8. The number of likely N-dealkylation sites (tertiary alicyclic amines) is 1. The number of rotatable bonds is 12. The van der Waals surface area contributed by atoms with Crippen LogP contribution in [0.4, 0.5) is 23.2 Å². The molecule has 2 aliphatic rings. The molecule has 0 bridgehead atoms. The van der Waals surface area contributed by atoms with Crippen molar-refractivity contribution in [2.24, 2.45) is 5.73 Å². The number of carboxylic acid groups (broad SMARTS) is 1. The first-order chi connectivity index (χ1) is 25.2. The molecule has 19 heteroatoms. The van der Waals surface area contributed by atoms with Gasteiger partial charge in [0, 0.05) is 64.3 Å². The zero-order valence-corrected chi connectivity index (χ0v) is 30.0. The van der Waals surface area contributed by atoms with Gasteiger partial charge in [-0.05, 0) is 74.6 Å². The predicted molar refractivity (Wildman–Crippen MR) is 184 cm³/mol. The van der Waals surface area contributed by atoms with Crippen LogP contribution in [0.5, 0.6) is 0 Å². The number of nitrogens with two attached hydrogens (primary N) is 1. The molecule has 2 aliphatic heterocycles. The van der Waals surface area contributed by atoms with E-state index in [1.165, 1.54) is 26.4 Å². The third kappa shape index (κ3) is 11.3. The number of halogens is 4. The lowest BCUT2D eigenvalue weighted by Gasteiger charge is -2.33. The lowest BCUT2D eigenvalue weighted by Crippen LogP contribution is -2.45. The standard InChI is InChI=1S/C32H40FN6O6P.C2HF3O2/c1-42-46(41,43-2)45-18-4-17-44-28-12-15-37(16-13-28)26-8-10-27(11-9-26)39-31(23-6-7-24(21-34)29(33)19-23)20-30(36-39)32(40)38-14-3-5-25(35)22-38;3-2(4,5)1(6)7/h6-11,19-20,25,28H,3-5,12-18,22,35H2,1-2H3;(H,6,7)/t25-;/m1./s1. The maximum Gasteiger partial charge on any atom is 0.490 e. The highest BCUT2D eigenvalue weighted by Crippen LogP contribution is 2.47. The van der Waals surface area contributed by atoms with E-state index >= 15 is 0 Å². The van der Waals surface area contributed by atoms with Gasteiger partial charge < -0.3 is 25.4 Å². The van der Waals surface area contributed by atoms with Gasteiger partial charge in [-0.3, -0.25) is 18.4 Å². The van der Waals surface area contributed by atoms with Gasteiger partial charge in [0.1, 0.15) is 11.9 Å². The molecule has 3 N–H and O–H groups in total. The number of carbonyl (C=O) groups is 2. The van der Waals surface area contributed by atoms with E-state index in [4.69, 9.17) is 33.9 Å². The number of aromatic nitrogens is 2. The predicted octanol–water partition coefficient (Wildman–Crippen LogP) is 5.54. The monoisotopic (exact) mass is 768 g/mol. The number of ether oxygens (including phenoxy) is 1. The molecule has 3 heterocycles. The number of phosphoric ester groups is 1. The zero-order chi connectivity index (χ0) is 38.8. The minimum Gasteiger partial charge on any atom is -0.475 e. The third-order valence-corrected chi connectivity index (χ3v) is 9.93. The molecule has 0 radical (unpaired) electrons. The van der Waals surface area contributed by atoms with E-state index in [1.54, 1.807) is 21.7 Å². The molecule has 3 aromatic rings. The Balaban J connectivity index is 0.000000815. The Kier molecular flexibility index (Phi) is 14.5. The molecule has 14 nitrogen and oxygen atoms in total. The van der Waals surface area contributed by atoms with E-state index in [0.717, 1.165) is 44.5 Å². The number of amides is 1. The van der Waals surface area contributed by atoms with Crippen LogP contribution in [0.3, 0.4) is 0 Å². The van der Waals surface area contributed by atoms with Crippen molar-refractivity contribution < 1.29 is 55.1 Å². The maximum absolute atomic E-state index is 14.6. The van der Waals surface area contributed by atoms with Crippen molar-refractivity contribution in [3.05, 3.63) is 65.6 Å². The Morgan fingerprint density at radius 2 is 1.66 bits per heavy atom. The molecule has 2 aromatic carbocycles. The zero-order valence-electron chi connectivity index (χ0n) is 29.1. The Morgan fingerprint density at radius 1 is 1.02 bits per heavy atom. The molecule has 288 valence electrons. The van der Waals surface area contributed by atoms with Crippen LogP contribution >= 0.6 is 7.82 Å². The second-order valence-electron chi connectivity index (χ2n) is 12.2. The molecule has 0 unspecified atom stereocenters. The van der Waals surface area contributed by atoms with E-state index in [-0.39, 0.29) is 35.9 Å². The quantitative estimate of drug-likeness (QED) is 0.134. The smallest absolute Gasteiger partial charge is 0.475 e. The van der Waals surface area contributed by atoms with Gasteiger partial charge >= 0.3 is 20.0 Å². The minimum atomic E-state index is -5.08. The summed E-state index contributed by atoms with van der Waals surface area (Å²) in [5, 5.41) is 21.0. The average Bonchev–Trinajstić information content (AvgIpc) is 3.60. The minimum absolute atomic E-state index is 0.0541. The molecule has 5 rings (SSSR count). The number of alkyl halides is 3. The van der Waals surface area contributed by atoms with Crippen molar-refractivity contribution in [1.29, 1.82) is 5.26 Å². The second kappa shape index (κ2) is 18.6. The van der Waals surface area contributed by atoms with Crippen molar-refractivity contribution in [2.75, 3.05) is 58.5 Å². The Morgan fingerprint density at radius 3 is 2.23 bits per heavy atom. The van der Waals surface area contributed by atoms with Crippen LogP contribution in [0.1, 0.15) is 48.2 Å². The summed E-state index contributed by atoms with van der Waals surface area (Å²) in [5.74, 6) is -3.61. The van der Waals surface area contributed by atoms with Crippen molar-refractivity contribution in [3.8, 4) is 23.0 Å². The van der Waals surface area contributed by atoms with Crippen LogP contribution < -0.4 is 10.6 Å². The summed E-state index contributed by atoms with van der Waals surface area (Å²) in [5.41, 5.74) is 9.11. The fourth-order valence-corrected chi connectivity index (χ4v) is 6.47. The number of piperidine rings is 2. The molecule has 1 atom stereocenters. The van der Waals surface area contributed by atoms with Crippen LogP contribution in [0, 0.1) is 17.1 Å². The van der Waals surface area contributed by atoms with Gasteiger partial charge in [0.15, 0.2) is 5.69 Å². The van der Waals surface area contributed by atoms with Crippen LogP contribution in [0.15, 0.2) is 48.5 Å². The number of nitrogens with zero attached hydrogens (tertiary/aromatic N) is 5. The first kappa shape index (κ1) is 41.4. The maximum atomic E-state index is 14.6. The van der Waals surface area contributed by atoms with E-state index in [0.29, 0.717) is 43.1 Å². The molecule has 53 heavy (non-hydrogen) atoms. The summed E-state index contributed by atoms with van der Waals surface area (Å²) in [6.07, 6.45) is -0.975. The summed E-state index contributed by atoms with van der Waals surface area (Å²) in [6, 6.07) is 15.7. The van der Waals surface area contributed by atoms with Gasteiger partial charge in [-0.15, -0.1) is 0 Å². The van der Waals surface area contributed by atoms with Crippen LogP contribution in [-0.4, -0.2) is 104 Å². The van der Waals surface area contributed by atoms with Gasteiger partial charge in [-0.25, -0.2) is 18.4 Å². The van der Waals surface area contributed by atoms with Gasteiger partial charge in [0.05, 0.1) is 29.7 Å². The molecule has 2 saturated heterocycles. The molecular formula is C34H41F4N6O8P. The van der Waals surface area contributed by atoms with Gasteiger partial charge in [-0.2, -0.15) is 23.5 Å². The average molecular weight is 769 g/mol. The molecule has 0 aliphatic carbocycles. The first-order valence-corrected chi connectivity index (χ1v) is 18.1. The highest BCUT2D eigenvalue weighted by Gasteiger charge is 2.38. The number of anilines is 1. The van der Waals surface area contributed by atoms with E-state index in [1.807, 2.05) is 30.3 Å². The summed E-state index contributed by atoms with van der Waals surface area (Å²) in [6.45, 7) is 3.40. The summed E-state index contributed by atoms with van der Waals surface area (Å²) in [7, 11) is -0.908. The molecule has 0 saturated carbocycles. The Bertz CT molecular complexity index is 1790. The largest absolute Gasteiger partial charge is 0.490 e. The summed E-state index contributed by atoms with van der Waals surface area (Å²) >= 11 is 0.